The van der Waals surface area contributed by atoms with Gasteiger partial charge in [0.1, 0.15) is 18.1 Å². The number of carbonyl (C=O) groups is 4. The lowest BCUT2D eigenvalue weighted by Gasteiger charge is -2.47. The predicted molar refractivity (Wildman–Crippen MR) is 162 cm³/mol. The number of hydrogen-bond donors (Lipinski definition) is 2. The number of amides is 3. The van der Waals surface area contributed by atoms with Crippen LogP contribution in [-0.2, 0) is 33.9 Å². The molecule has 0 saturated carbocycles. The normalized spacial score (nSPS) is 26.4. The molecule has 44 heavy (non-hydrogen) atoms. The summed E-state index contributed by atoms with van der Waals surface area (Å²) in [5.74, 6) is -2.04. The van der Waals surface area contributed by atoms with E-state index in [-0.39, 0.29) is 31.9 Å². The molecular formula is C31H40N4O8S. The Morgan fingerprint density at radius 2 is 1.75 bits per heavy atom. The zero-order valence-electron chi connectivity index (χ0n) is 25.1. The lowest BCUT2D eigenvalue weighted by atomic mass is 9.94. The molecule has 5 atom stereocenters. The van der Waals surface area contributed by atoms with Gasteiger partial charge in [0.25, 0.3) is 5.91 Å². The van der Waals surface area contributed by atoms with Crippen molar-refractivity contribution in [2.45, 2.75) is 82.8 Å². The minimum Gasteiger partial charge on any atom is -0.433 e. The molecule has 0 aliphatic carbocycles. The molecule has 3 aliphatic heterocycles. The van der Waals surface area contributed by atoms with Crippen molar-refractivity contribution in [1.29, 1.82) is 0 Å². The summed E-state index contributed by atoms with van der Waals surface area (Å²) < 4.78 is 38.4. The van der Waals surface area contributed by atoms with Crippen LogP contribution >= 0.6 is 0 Å². The minimum absolute atomic E-state index is 0.0639. The highest BCUT2D eigenvalue weighted by Gasteiger charge is 2.48. The van der Waals surface area contributed by atoms with Crippen molar-refractivity contribution in [3.63, 3.8) is 0 Å². The summed E-state index contributed by atoms with van der Waals surface area (Å²) in [7, 11) is -3.69. The Kier molecular flexibility index (Phi) is 9.86. The third-order valence-electron chi connectivity index (χ3n) is 8.47. The van der Waals surface area contributed by atoms with E-state index < -0.39 is 64.2 Å². The lowest BCUT2D eigenvalue weighted by Crippen LogP contribution is -2.69. The van der Waals surface area contributed by atoms with E-state index in [0.29, 0.717) is 37.7 Å². The Bertz CT molecular complexity index is 1510. The van der Waals surface area contributed by atoms with E-state index >= 15 is 0 Å². The number of cyclic esters (lactones) is 1. The molecule has 0 spiro atoms. The van der Waals surface area contributed by atoms with E-state index in [1.807, 2.05) is 30.3 Å². The number of esters is 1. The molecule has 0 radical (unpaired) electrons. The van der Waals surface area contributed by atoms with Crippen LogP contribution in [0.2, 0.25) is 0 Å². The van der Waals surface area contributed by atoms with Gasteiger partial charge in [-0.15, -0.1) is 0 Å². The smallest absolute Gasteiger partial charge is 0.310 e. The second-order valence-corrected chi connectivity index (χ2v) is 13.6. The molecule has 3 saturated heterocycles. The van der Waals surface area contributed by atoms with Crippen LogP contribution in [0.5, 0.6) is 0 Å². The van der Waals surface area contributed by atoms with Gasteiger partial charge in [-0.3, -0.25) is 19.2 Å². The molecule has 13 heteroatoms. The number of nitrogens with one attached hydrogen (secondary N) is 2. The molecule has 2 aromatic carbocycles. The number of sulfonamides is 1. The highest BCUT2D eigenvalue weighted by atomic mass is 32.2. The topological polar surface area (TPSA) is 151 Å². The molecule has 0 bridgehead atoms. The molecule has 3 heterocycles. The van der Waals surface area contributed by atoms with E-state index in [2.05, 4.69) is 10.6 Å². The lowest BCUT2D eigenvalue weighted by molar-refractivity contribution is -0.165. The Morgan fingerprint density at radius 1 is 1.00 bits per heavy atom. The van der Waals surface area contributed by atoms with E-state index in [9.17, 15) is 27.6 Å². The molecule has 3 amide bonds. The highest BCUT2D eigenvalue weighted by Crippen LogP contribution is 2.29. The fraction of sp³-hybridized carbons (Fsp3) is 0.548. The first-order valence-corrected chi connectivity index (χ1v) is 16.9. The van der Waals surface area contributed by atoms with Gasteiger partial charge in [0, 0.05) is 31.3 Å². The van der Waals surface area contributed by atoms with Crippen LogP contribution in [0, 0.1) is 0 Å². The summed E-state index contributed by atoms with van der Waals surface area (Å²) in [6.07, 6.45) is 1.53. The molecule has 2 aromatic rings. The molecule has 0 aromatic heterocycles. The van der Waals surface area contributed by atoms with E-state index in [0.717, 1.165) is 10.8 Å². The largest absolute Gasteiger partial charge is 0.433 e. The van der Waals surface area contributed by atoms with Gasteiger partial charge in [-0.2, -0.15) is 4.31 Å². The molecule has 238 valence electrons. The number of fused-ring (bicyclic) bond motifs is 2. The minimum atomic E-state index is -3.69. The van der Waals surface area contributed by atoms with Gasteiger partial charge < -0.3 is 25.0 Å². The summed E-state index contributed by atoms with van der Waals surface area (Å²) in [6, 6.07) is 9.45. The quantitative estimate of drug-likeness (QED) is 0.400. The third kappa shape index (κ3) is 6.74. The zero-order valence-corrected chi connectivity index (χ0v) is 25.9. The van der Waals surface area contributed by atoms with Crippen LogP contribution in [0.1, 0.15) is 62.7 Å². The number of benzene rings is 2. The van der Waals surface area contributed by atoms with Crippen molar-refractivity contribution in [3.05, 3.63) is 48.0 Å². The highest BCUT2D eigenvalue weighted by molar-refractivity contribution is 7.89. The summed E-state index contributed by atoms with van der Waals surface area (Å²) in [5, 5.41) is 7.37. The standard InChI is InChI=1S/C31H40N4O8S/c1-3-16-44(40,41)34-18-21-12-6-8-15-24(32-28(37)23-14-9-11-20-10-5-7-13-22(20)23)30(39)35(21)26(19-34)29(38)33-25-17-27(36)43-31(25)42-4-2/h5,7,9-11,13-14,21,24-26,31H,3-4,6,8,12,15-19H2,1-2H3,(H,32,37)(H,33,38)/t21-,24-,25?,26-,31?/m0/s1. The van der Waals surface area contributed by atoms with Crippen LogP contribution in [0.4, 0.5) is 0 Å². The molecule has 2 N–H and O–H groups in total. The first-order valence-electron chi connectivity index (χ1n) is 15.3. The Labute approximate surface area is 257 Å². The summed E-state index contributed by atoms with van der Waals surface area (Å²) in [4.78, 5) is 55.2. The Balaban J connectivity index is 1.44. The average molecular weight is 629 g/mol. The summed E-state index contributed by atoms with van der Waals surface area (Å²) in [6.45, 7) is 3.58. The fourth-order valence-electron chi connectivity index (χ4n) is 6.39. The van der Waals surface area contributed by atoms with Crippen LogP contribution in [0.3, 0.4) is 0 Å². The van der Waals surface area contributed by atoms with Gasteiger partial charge in [-0.25, -0.2) is 8.42 Å². The van der Waals surface area contributed by atoms with Crippen molar-refractivity contribution < 1.29 is 37.1 Å². The molecule has 5 rings (SSSR count). The van der Waals surface area contributed by atoms with Crippen molar-refractivity contribution in [3.8, 4) is 0 Å². The summed E-state index contributed by atoms with van der Waals surface area (Å²) in [5.41, 5.74) is 0.437. The van der Waals surface area contributed by atoms with Gasteiger partial charge in [-0.1, -0.05) is 56.2 Å². The molecule has 3 fully saturated rings. The van der Waals surface area contributed by atoms with Gasteiger partial charge in [0.2, 0.25) is 28.1 Å². The second-order valence-electron chi connectivity index (χ2n) is 11.5. The molecule has 2 unspecified atom stereocenters. The third-order valence-corrected chi connectivity index (χ3v) is 10.5. The number of hydrogen-bond acceptors (Lipinski definition) is 8. The van der Waals surface area contributed by atoms with E-state index in [4.69, 9.17) is 9.47 Å². The van der Waals surface area contributed by atoms with Crippen LogP contribution in [0.25, 0.3) is 10.8 Å². The number of piperazine rings is 1. The number of rotatable bonds is 9. The first kappa shape index (κ1) is 31.9. The predicted octanol–water partition coefficient (Wildman–Crippen LogP) is 1.93. The van der Waals surface area contributed by atoms with Crippen molar-refractivity contribution in [2.24, 2.45) is 0 Å². The van der Waals surface area contributed by atoms with Crippen molar-refractivity contribution in [1.82, 2.24) is 19.8 Å². The Morgan fingerprint density at radius 3 is 2.52 bits per heavy atom. The molecule has 3 aliphatic rings. The second kappa shape index (κ2) is 13.6. The van der Waals surface area contributed by atoms with Crippen LogP contribution in [0.15, 0.2) is 42.5 Å². The first-order chi connectivity index (χ1) is 21.1. The summed E-state index contributed by atoms with van der Waals surface area (Å²) >= 11 is 0. The molecular weight excluding hydrogens is 588 g/mol. The van der Waals surface area contributed by atoms with Gasteiger partial charge >= 0.3 is 5.97 Å². The van der Waals surface area contributed by atoms with Crippen LogP contribution in [-0.4, -0.2) is 97.2 Å². The fourth-order valence-corrected chi connectivity index (χ4v) is 7.94. The van der Waals surface area contributed by atoms with Crippen LogP contribution < -0.4 is 10.6 Å². The van der Waals surface area contributed by atoms with E-state index in [1.54, 1.807) is 26.0 Å². The maximum absolute atomic E-state index is 14.3. The zero-order chi connectivity index (χ0) is 31.4. The van der Waals surface area contributed by atoms with Gasteiger partial charge in [-0.05, 0) is 43.0 Å². The van der Waals surface area contributed by atoms with E-state index in [1.165, 1.54) is 9.21 Å². The Hall–Kier alpha value is -3.55. The monoisotopic (exact) mass is 628 g/mol. The SMILES string of the molecule is CCCS(=O)(=O)N1C[C@@H]2CCCC[C@H](NC(=O)c3cccc4ccccc34)C(=O)N2[C@H](C(=O)NC2CC(=O)OC2OCC)C1. The average Bonchev–Trinajstić information content (AvgIpc) is 3.34. The van der Waals surface area contributed by atoms with Crippen molar-refractivity contribution in [2.75, 3.05) is 25.4 Å². The number of ether oxygens (including phenoxy) is 2. The van der Waals surface area contributed by atoms with Crippen molar-refractivity contribution >= 4 is 44.5 Å². The number of carbonyl (C=O) groups excluding carboxylic acids is 4. The maximum atomic E-state index is 14.3. The maximum Gasteiger partial charge on any atom is 0.310 e. The molecule has 12 nitrogen and oxygen atoms in total. The number of nitrogens with zero attached hydrogens (tertiary/aromatic N) is 2. The van der Waals surface area contributed by atoms with Gasteiger partial charge in [0.05, 0.1) is 12.2 Å². The van der Waals surface area contributed by atoms with Gasteiger partial charge in [0.15, 0.2) is 0 Å².